The number of hydrogen-bond acceptors (Lipinski definition) is 2. The van der Waals surface area contributed by atoms with E-state index < -0.39 is 5.54 Å². The second kappa shape index (κ2) is 2.12. The Balaban J connectivity index is 2.66. The van der Waals surface area contributed by atoms with Gasteiger partial charge in [-0.15, -0.1) is 0 Å². The van der Waals surface area contributed by atoms with Crippen molar-refractivity contribution in [3.63, 3.8) is 0 Å². The maximum atomic E-state index is 8.82. The predicted molar refractivity (Wildman–Crippen MR) is 36.9 cm³/mol. The lowest BCUT2D eigenvalue weighted by atomic mass is 9.91. The van der Waals surface area contributed by atoms with Crippen LogP contribution in [0.3, 0.4) is 0 Å². The van der Waals surface area contributed by atoms with Crippen molar-refractivity contribution in [2.75, 3.05) is 6.61 Å². The number of allylic oxidation sites excluding steroid dienone is 1. The molecule has 2 unspecified atom stereocenters. The zero-order valence-corrected chi connectivity index (χ0v) is 5.67. The van der Waals surface area contributed by atoms with Crippen LogP contribution in [0.25, 0.3) is 0 Å². The minimum atomic E-state index is -0.431. The highest BCUT2D eigenvalue weighted by atomic mass is 16.3. The Kier molecular flexibility index (Phi) is 1.60. The Labute approximate surface area is 55.4 Å². The number of rotatable bonds is 1. The molecule has 0 saturated heterocycles. The van der Waals surface area contributed by atoms with E-state index in [9.17, 15) is 0 Å². The maximum absolute atomic E-state index is 8.82. The van der Waals surface area contributed by atoms with E-state index in [1.54, 1.807) is 0 Å². The van der Waals surface area contributed by atoms with Gasteiger partial charge < -0.3 is 10.8 Å². The lowest BCUT2D eigenvalue weighted by molar-refractivity contribution is 0.193. The van der Waals surface area contributed by atoms with E-state index in [-0.39, 0.29) is 6.61 Å². The summed E-state index contributed by atoms with van der Waals surface area (Å²) in [5, 5.41) is 8.82. The summed E-state index contributed by atoms with van der Waals surface area (Å²) >= 11 is 0. The molecule has 0 radical (unpaired) electrons. The lowest BCUT2D eigenvalue weighted by Gasteiger charge is -2.24. The molecule has 0 amide bonds. The Hall–Kier alpha value is -0.340. The van der Waals surface area contributed by atoms with Gasteiger partial charge in [-0.1, -0.05) is 19.1 Å². The molecule has 52 valence electrons. The summed E-state index contributed by atoms with van der Waals surface area (Å²) in [6.45, 7) is 2.11. The van der Waals surface area contributed by atoms with Crippen LogP contribution < -0.4 is 5.73 Å². The first kappa shape index (κ1) is 6.78. The Morgan fingerprint density at radius 1 is 1.89 bits per heavy atom. The van der Waals surface area contributed by atoms with Gasteiger partial charge in [0, 0.05) is 0 Å². The van der Waals surface area contributed by atoms with Crippen LogP contribution in [0.15, 0.2) is 12.2 Å². The van der Waals surface area contributed by atoms with E-state index in [0.29, 0.717) is 5.92 Å². The van der Waals surface area contributed by atoms with Crippen molar-refractivity contribution in [3.05, 3.63) is 12.2 Å². The lowest BCUT2D eigenvalue weighted by Crippen LogP contribution is -2.45. The number of aliphatic hydroxyl groups excluding tert-OH is 1. The van der Waals surface area contributed by atoms with E-state index in [4.69, 9.17) is 10.8 Å². The maximum Gasteiger partial charge on any atom is 0.0650 e. The summed E-state index contributed by atoms with van der Waals surface area (Å²) in [7, 11) is 0. The van der Waals surface area contributed by atoms with Crippen LogP contribution in [-0.4, -0.2) is 17.3 Å². The minimum absolute atomic E-state index is 0.0602. The van der Waals surface area contributed by atoms with E-state index in [1.807, 2.05) is 12.2 Å². The van der Waals surface area contributed by atoms with Gasteiger partial charge in [0.25, 0.3) is 0 Å². The van der Waals surface area contributed by atoms with Gasteiger partial charge in [0.15, 0.2) is 0 Å². The van der Waals surface area contributed by atoms with Gasteiger partial charge in [-0.3, -0.25) is 0 Å². The summed E-state index contributed by atoms with van der Waals surface area (Å²) in [4.78, 5) is 0. The molecule has 0 aromatic carbocycles. The van der Waals surface area contributed by atoms with E-state index in [1.165, 1.54) is 0 Å². The summed E-state index contributed by atoms with van der Waals surface area (Å²) in [6, 6.07) is 0. The zero-order valence-electron chi connectivity index (χ0n) is 5.67. The average Bonchev–Trinajstić information content (AvgIpc) is 2.15. The minimum Gasteiger partial charge on any atom is -0.394 e. The number of aliphatic hydroxyl groups is 1. The van der Waals surface area contributed by atoms with Gasteiger partial charge >= 0.3 is 0 Å². The van der Waals surface area contributed by atoms with Crippen LogP contribution in [0.2, 0.25) is 0 Å². The van der Waals surface area contributed by atoms with Crippen molar-refractivity contribution in [1.82, 2.24) is 0 Å². The molecule has 2 nitrogen and oxygen atoms in total. The summed E-state index contributed by atoms with van der Waals surface area (Å²) in [5.41, 5.74) is 5.33. The van der Waals surface area contributed by atoms with E-state index in [2.05, 4.69) is 6.92 Å². The average molecular weight is 127 g/mol. The van der Waals surface area contributed by atoms with Gasteiger partial charge in [0.1, 0.15) is 0 Å². The van der Waals surface area contributed by atoms with Crippen LogP contribution >= 0.6 is 0 Å². The summed E-state index contributed by atoms with van der Waals surface area (Å²) < 4.78 is 0. The largest absolute Gasteiger partial charge is 0.394 e. The van der Waals surface area contributed by atoms with E-state index >= 15 is 0 Å². The number of nitrogens with two attached hydrogens (primary N) is 1. The topological polar surface area (TPSA) is 46.2 Å². The molecule has 9 heavy (non-hydrogen) atoms. The van der Waals surface area contributed by atoms with Crippen LogP contribution in [0, 0.1) is 5.92 Å². The highest BCUT2D eigenvalue weighted by Gasteiger charge is 2.30. The fourth-order valence-corrected chi connectivity index (χ4v) is 1.08. The van der Waals surface area contributed by atoms with Crippen LogP contribution in [0.5, 0.6) is 0 Å². The molecule has 1 rings (SSSR count). The first-order valence-corrected chi connectivity index (χ1v) is 3.26. The quantitative estimate of drug-likeness (QED) is 0.497. The van der Waals surface area contributed by atoms with Crippen molar-refractivity contribution in [1.29, 1.82) is 0 Å². The summed E-state index contributed by atoms with van der Waals surface area (Å²) in [5.74, 6) is 0.391. The molecule has 0 aromatic heterocycles. The fraction of sp³-hybridized carbons (Fsp3) is 0.714. The highest BCUT2D eigenvalue weighted by molar-refractivity contribution is 5.14. The van der Waals surface area contributed by atoms with Crippen LogP contribution in [0.4, 0.5) is 0 Å². The molecule has 0 aromatic rings. The molecule has 1 aliphatic carbocycles. The molecule has 3 N–H and O–H groups in total. The smallest absolute Gasteiger partial charge is 0.0650 e. The Morgan fingerprint density at radius 3 is 2.78 bits per heavy atom. The fourth-order valence-electron chi connectivity index (χ4n) is 1.08. The molecule has 0 heterocycles. The van der Waals surface area contributed by atoms with Gasteiger partial charge in [-0.05, 0) is 12.3 Å². The number of hydrogen-bond donors (Lipinski definition) is 2. The third-order valence-corrected chi connectivity index (χ3v) is 2.11. The normalized spacial score (nSPS) is 41.9. The van der Waals surface area contributed by atoms with Crippen LogP contribution in [-0.2, 0) is 0 Å². The molecule has 0 fully saturated rings. The van der Waals surface area contributed by atoms with E-state index in [0.717, 1.165) is 6.42 Å². The first-order chi connectivity index (χ1) is 4.19. The third kappa shape index (κ3) is 1.00. The van der Waals surface area contributed by atoms with Crippen molar-refractivity contribution >= 4 is 0 Å². The van der Waals surface area contributed by atoms with Gasteiger partial charge in [-0.25, -0.2) is 0 Å². The molecule has 1 aliphatic rings. The van der Waals surface area contributed by atoms with Crippen molar-refractivity contribution in [2.45, 2.75) is 18.9 Å². The zero-order chi connectivity index (χ0) is 6.91. The molecule has 0 spiro atoms. The molecular formula is C7H13NO. The van der Waals surface area contributed by atoms with Crippen molar-refractivity contribution in [2.24, 2.45) is 11.7 Å². The first-order valence-electron chi connectivity index (χ1n) is 3.26. The molecule has 0 bridgehead atoms. The third-order valence-electron chi connectivity index (χ3n) is 2.11. The van der Waals surface area contributed by atoms with Crippen LogP contribution in [0.1, 0.15) is 13.3 Å². The van der Waals surface area contributed by atoms with Crippen molar-refractivity contribution in [3.8, 4) is 0 Å². The molecule has 0 saturated carbocycles. The Morgan fingerprint density at radius 2 is 2.56 bits per heavy atom. The standard InChI is InChI=1S/C7H13NO/c1-6-3-2-4-7(6,8)5-9/h2,4,6,9H,3,5,8H2,1H3. The Bertz CT molecular complexity index is 133. The highest BCUT2D eigenvalue weighted by Crippen LogP contribution is 2.25. The van der Waals surface area contributed by atoms with Gasteiger partial charge in [0.2, 0.25) is 0 Å². The molecular weight excluding hydrogens is 114 g/mol. The predicted octanol–water partition coefficient (Wildman–Crippen LogP) is 0.272. The molecule has 0 aliphatic heterocycles. The second-order valence-electron chi connectivity index (χ2n) is 2.81. The summed E-state index contributed by atoms with van der Waals surface area (Å²) in [6.07, 6.45) is 4.93. The molecule has 2 atom stereocenters. The van der Waals surface area contributed by atoms with Gasteiger partial charge in [-0.2, -0.15) is 0 Å². The SMILES string of the molecule is CC1CC=CC1(N)CO. The van der Waals surface area contributed by atoms with Gasteiger partial charge in [0.05, 0.1) is 12.1 Å². The second-order valence-corrected chi connectivity index (χ2v) is 2.81. The monoisotopic (exact) mass is 127 g/mol. The van der Waals surface area contributed by atoms with Crippen molar-refractivity contribution < 1.29 is 5.11 Å². The molecule has 2 heteroatoms.